The molecule has 2 nitrogen and oxygen atoms in total. The first-order valence-corrected chi connectivity index (χ1v) is 4.20. The number of hydrogen-bond acceptors (Lipinski definition) is 2. The third-order valence-electron chi connectivity index (χ3n) is 1.85. The highest BCUT2D eigenvalue weighted by Crippen LogP contribution is 2.20. The highest BCUT2D eigenvalue weighted by atomic mass is 19.4. The topological polar surface area (TPSA) is 27.0 Å². The molecule has 0 spiro atoms. The Bertz CT molecular complexity index is 362. The second-order valence-electron chi connectivity index (χ2n) is 3.13. The number of benzene rings is 1. The van der Waals surface area contributed by atoms with Crippen molar-refractivity contribution in [2.75, 3.05) is 18.5 Å². The van der Waals surface area contributed by atoms with Crippen molar-refractivity contribution >= 4 is 5.69 Å². The average Bonchev–Trinajstić information content (AvgIpc) is 2.15. The fourth-order valence-corrected chi connectivity index (χ4v) is 1.15. The number of alkyl halides is 3. The van der Waals surface area contributed by atoms with Crippen molar-refractivity contribution in [3.05, 3.63) is 29.8 Å². The first-order valence-electron chi connectivity index (χ1n) is 4.20. The fourth-order valence-electron chi connectivity index (χ4n) is 1.15. The predicted molar refractivity (Wildman–Crippen MR) is 50.5 cm³/mol. The average molecular weight is 214 g/mol. The fraction of sp³-hybridized carbons (Fsp3) is 0.300. The molecule has 80 valence electrons. The summed E-state index contributed by atoms with van der Waals surface area (Å²) < 4.78 is 36.1. The van der Waals surface area contributed by atoms with Crippen LogP contribution in [0.2, 0.25) is 0 Å². The van der Waals surface area contributed by atoms with Crippen LogP contribution in [-0.2, 0) is 0 Å². The Morgan fingerprint density at radius 1 is 1.27 bits per heavy atom. The van der Waals surface area contributed by atoms with E-state index in [1.807, 2.05) is 6.07 Å². The van der Waals surface area contributed by atoms with Gasteiger partial charge in [0.25, 0.3) is 0 Å². The van der Waals surface area contributed by atoms with Crippen LogP contribution in [-0.4, -0.2) is 19.8 Å². The van der Waals surface area contributed by atoms with Gasteiger partial charge in [-0.3, -0.25) is 0 Å². The van der Waals surface area contributed by atoms with E-state index in [9.17, 15) is 13.2 Å². The summed E-state index contributed by atoms with van der Waals surface area (Å²) in [4.78, 5) is 1.08. The van der Waals surface area contributed by atoms with Gasteiger partial charge in [0.05, 0.1) is 11.6 Å². The Hall–Kier alpha value is -1.70. The zero-order valence-electron chi connectivity index (χ0n) is 8.04. The van der Waals surface area contributed by atoms with E-state index in [4.69, 9.17) is 5.26 Å². The summed E-state index contributed by atoms with van der Waals surface area (Å²) in [6, 6.07) is 7.86. The third kappa shape index (κ3) is 3.50. The van der Waals surface area contributed by atoms with E-state index >= 15 is 0 Å². The second kappa shape index (κ2) is 4.22. The molecule has 0 aliphatic rings. The van der Waals surface area contributed by atoms with E-state index in [2.05, 4.69) is 0 Å². The van der Waals surface area contributed by atoms with E-state index in [1.54, 1.807) is 0 Å². The van der Waals surface area contributed by atoms with Crippen molar-refractivity contribution in [2.45, 2.75) is 6.18 Å². The van der Waals surface area contributed by atoms with Crippen LogP contribution in [0, 0.1) is 11.3 Å². The molecule has 0 amide bonds. The molecule has 0 unspecified atom stereocenters. The van der Waals surface area contributed by atoms with Gasteiger partial charge < -0.3 is 4.90 Å². The normalized spacial score (nSPS) is 10.9. The monoisotopic (exact) mass is 214 g/mol. The largest absolute Gasteiger partial charge is 0.405 e. The SMILES string of the molecule is CN(CC(F)(F)F)c1ccc(C#N)cc1. The van der Waals surface area contributed by atoms with E-state index < -0.39 is 12.7 Å². The van der Waals surface area contributed by atoms with Crippen LogP contribution in [0.1, 0.15) is 5.56 Å². The molecule has 0 bridgehead atoms. The Labute approximate surface area is 85.5 Å². The summed E-state index contributed by atoms with van der Waals surface area (Å²) in [5.74, 6) is 0. The smallest absolute Gasteiger partial charge is 0.366 e. The van der Waals surface area contributed by atoms with Gasteiger partial charge in [0.2, 0.25) is 0 Å². The van der Waals surface area contributed by atoms with Gasteiger partial charge in [0.15, 0.2) is 0 Å². The third-order valence-corrected chi connectivity index (χ3v) is 1.85. The van der Waals surface area contributed by atoms with E-state index in [1.165, 1.54) is 31.3 Å². The van der Waals surface area contributed by atoms with E-state index in [0.29, 0.717) is 11.3 Å². The van der Waals surface area contributed by atoms with Crippen molar-refractivity contribution in [1.29, 1.82) is 5.26 Å². The molecule has 5 heteroatoms. The Morgan fingerprint density at radius 3 is 2.20 bits per heavy atom. The first kappa shape index (κ1) is 11.4. The van der Waals surface area contributed by atoms with Crippen LogP contribution in [0.5, 0.6) is 0 Å². The molecule has 1 aromatic carbocycles. The number of halogens is 3. The number of hydrogen-bond donors (Lipinski definition) is 0. The Morgan fingerprint density at radius 2 is 1.80 bits per heavy atom. The van der Waals surface area contributed by atoms with E-state index in [0.717, 1.165) is 4.90 Å². The van der Waals surface area contributed by atoms with Gasteiger partial charge >= 0.3 is 6.18 Å². The van der Waals surface area contributed by atoms with Gasteiger partial charge in [0.1, 0.15) is 6.54 Å². The second-order valence-corrected chi connectivity index (χ2v) is 3.13. The minimum atomic E-state index is -4.22. The summed E-state index contributed by atoms with van der Waals surface area (Å²) in [5.41, 5.74) is 0.866. The van der Waals surface area contributed by atoms with Crippen LogP contribution < -0.4 is 4.90 Å². The summed E-state index contributed by atoms with van der Waals surface area (Å²) >= 11 is 0. The molecule has 15 heavy (non-hydrogen) atoms. The zero-order chi connectivity index (χ0) is 11.5. The van der Waals surface area contributed by atoms with Crippen molar-refractivity contribution in [3.63, 3.8) is 0 Å². The highest BCUT2D eigenvalue weighted by molar-refractivity contribution is 5.49. The van der Waals surface area contributed by atoms with Crippen LogP contribution in [0.25, 0.3) is 0 Å². The van der Waals surface area contributed by atoms with Gasteiger partial charge in [-0.2, -0.15) is 18.4 Å². The lowest BCUT2D eigenvalue weighted by Gasteiger charge is -2.20. The van der Waals surface area contributed by atoms with E-state index in [-0.39, 0.29) is 0 Å². The van der Waals surface area contributed by atoms with Gasteiger partial charge in [-0.05, 0) is 24.3 Å². The molecular formula is C10H9F3N2. The Kier molecular flexibility index (Phi) is 3.20. The molecule has 0 aliphatic carbocycles. The maximum Gasteiger partial charge on any atom is 0.405 e. The van der Waals surface area contributed by atoms with Gasteiger partial charge in [-0.25, -0.2) is 0 Å². The lowest BCUT2D eigenvalue weighted by Crippen LogP contribution is -2.30. The van der Waals surface area contributed by atoms with Crippen molar-refractivity contribution in [1.82, 2.24) is 0 Å². The minimum absolute atomic E-state index is 0.430. The number of nitrogens with zero attached hydrogens (tertiary/aromatic N) is 2. The maximum absolute atomic E-state index is 12.0. The number of nitriles is 1. The maximum atomic E-state index is 12.0. The lowest BCUT2D eigenvalue weighted by molar-refractivity contribution is -0.119. The minimum Gasteiger partial charge on any atom is -0.366 e. The number of rotatable bonds is 2. The van der Waals surface area contributed by atoms with Gasteiger partial charge in [-0.15, -0.1) is 0 Å². The van der Waals surface area contributed by atoms with Crippen LogP contribution in [0.3, 0.4) is 0 Å². The molecule has 0 radical (unpaired) electrons. The van der Waals surface area contributed by atoms with Crippen molar-refractivity contribution in [2.24, 2.45) is 0 Å². The summed E-state index contributed by atoms with van der Waals surface area (Å²) in [6.07, 6.45) is -4.22. The molecule has 0 aromatic heterocycles. The zero-order valence-corrected chi connectivity index (χ0v) is 8.04. The lowest BCUT2D eigenvalue weighted by atomic mass is 10.2. The van der Waals surface area contributed by atoms with Crippen LogP contribution >= 0.6 is 0 Å². The highest BCUT2D eigenvalue weighted by Gasteiger charge is 2.29. The van der Waals surface area contributed by atoms with Crippen molar-refractivity contribution in [3.8, 4) is 6.07 Å². The van der Waals surface area contributed by atoms with Crippen molar-refractivity contribution < 1.29 is 13.2 Å². The van der Waals surface area contributed by atoms with Crippen LogP contribution in [0.15, 0.2) is 24.3 Å². The first-order chi connectivity index (χ1) is 6.92. The summed E-state index contributed by atoms with van der Waals surface area (Å²) in [6.45, 7) is -1.00. The number of anilines is 1. The molecule has 0 saturated carbocycles. The Balaban J connectivity index is 2.75. The standard InChI is InChI=1S/C10H9F3N2/c1-15(7-10(11,12)13)9-4-2-8(6-14)3-5-9/h2-5H,7H2,1H3. The summed E-state index contributed by atoms with van der Waals surface area (Å²) in [7, 11) is 1.36. The summed E-state index contributed by atoms with van der Waals surface area (Å²) in [5, 5.41) is 8.51. The van der Waals surface area contributed by atoms with Crippen LogP contribution in [0.4, 0.5) is 18.9 Å². The molecule has 0 aliphatic heterocycles. The molecule has 1 rings (SSSR count). The molecule has 1 aromatic rings. The van der Waals surface area contributed by atoms with Gasteiger partial charge in [0, 0.05) is 12.7 Å². The molecule has 0 atom stereocenters. The predicted octanol–water partition coefficient (Wildman–Crippen LogP) is 2.56. The molecular weight excluding hydrogens is 205 g/mol. The molecule has 0 N–H and O–H groups in total. The molecule has 0 saturated heterocycles. The molecule has 0 heterocycles. The van der Waals surface area contributed by atoms with Gasteiger partial charge in [-0.1, -0.05) is 0 Å². The quantitative estimate of drug-likeness (QED) is 0.756. The molecule has 0 fully saturated rings.